The van der Waals surface area contributed by atoms with Crippen LogP contribution in [0.1, 0.15) is 164 Å². The molecule has 14 heteroatoms. The number of nitrogens with two attached hydrogens (primary N) is 2. The van der Waals surface area contributed by atoms with Gasteiger partial charge in [-0.25, -0.2) is 4.98 Å². The SMILES string of the molecule is CC(=O)OC1CCc2cc(c(O)c3c2C2C=CC4(CCCC4C2)O3)CN2CC(Cc3ccnc(N)c3)(CCN=C(N)NC3(CCCC34CCCC4)SSCCCCCCC(O)C1)CC2=O. The van der Waals surface area contributed by atoms with E-state index < -0.39 is 23.2 Å². The molecule has 4 fully saturated rings. The van der Waals surface area contributed by atoms with Crippen molar-refractivity contribution in [2.75, 3.05) is 24.6 Å². The molecular formula is C51H72N6O6S2. The largest absolute Gasteiger partial charge is 0.504 e. The van der Waals surface area contributed by atoms with E-state index in [1.165, 1.54) is 45.4 Å². The fourth-order valence-corrected chi connectivity index (χ4v) is 16.9. The standard InChI is InChI=1S/C51H72N6O6S2/c1-34(58)62-41-13-12-36-27-38(45(61)46-44(36)37-14-21-50(63-46)19-8-10-39(50)28-37)32-57-33-48(31-43(57)60,30-35-15-23-54-42(52)26-35)22-24-55-47(53)56-51(20-9-18-49(51)16-5-6-17-49)65-64-25-7-3-2-4-11-40(59)29-41/h14-15,21,23,26-27,37,39-41,59,61H,2-13,16-20,22,24-25,28-33H2,1H3,(H2,52,54)(H3,53,55,56). The Kier molecular flexibility index (Phi) is 14.0. The Morgan fingerprint density at radius 1 is 0.985 bits per heavy atom. The predicted molar refractivity (Wildman–Crippen MR) is 259 cm³/mol. The Hall–Kier alpha value is -3.62. The number of nitrogens with one attached hydrogen (secondary N) is 1. The first kappa shape index (κ1) is 46.5. The van der Waals surface area contributed by atoms with Gasteiger partial charge in [-0.05, 0) is 132 Å². The molecule has 12 nitrogen and oxygen atoms in total. The van der Waals surface area contributed by atoms with Gasteiger partial charge in [0, 0.05) is 85.1 Å². The second-order valence-corrected chi connectivity index (χ2v) is 23.6. The Morgan fingerprint density at radius 2 is 1.82 bits per heavy atom. The molecule has 3 spiro atoms. The van der Waals surface area contributed by atoms with Gasteiger partial charge in [0.2, 0.25) is 5.91 Å². The predicted octanol–water partition coefficient (Wildman–Crippen LogP) is 9.00. The summed E-state index contributed by atoms with van der Waals surface area (Å²) in [5, 5.41) is 27.5. The Balaban J connectivity index is 1.04. The molecule has 1 saturated heterocycles. The number of aliphatic hydroxyl groups is 1. The number of amides is 1. The summed E-state index contributed by atoms with van der Waals surface area (Å²) in [5.41, 5.74) is 16.1. The van der Waals surface area contributed by atoms with Gasteiger partial charge in [-0.15, -0.1) is 0 Å². The third kappa shape index (κ3) is 9.87. The van der Waals surface area contributed by atoms with Gasteiger partial charge in [0.25, 0.3) is 0 Å². The maximum Gasteiger partial charge on any atom is 0.302 e. The lowest BCUT2D eigenvalue weighted by Crippen LogP contribution is -2.55. The monoisotopic (exact) mass is 928 g/mol. The molecule has 8 aliphatic rings. The zero-order valence-electron chi connectivity index (χ0n) is 38.5. The number of benzene rings is 1. The van der Waals surface area contributed by atoms with Crippen LogP contribution >= 0.6 is 21.6 Å². The van der Waals surface area contributed by atoms with Crippen LogP contribution in [-0.2, 0) is 33.7 Å². The number of fused-ring (bicyclic) bond motifs is 5. The van der Waals surface area contributed by atoms with Gasteiger partial charge in [-0.2, -0.15) is 0 Å². The highest BCUT2D eigenvalue weighted by molar-refractivity contribution is 8.77. The number of aliphatic hydroxyl groups excluding tert-OH is 1. The molecule has 1 aromatic heterocycles. The molecule has 7 unspecified atom stereocenters. The van der Waals surface area contributed by atoms with Crippen LogP contribution in [0.4, 0.5) is 5.82 Å². The number of nitrogens with zero attached hydrogens (tertiary/aromatic N) is 3. The minimum absolute atomic E-state index is 0.0258. The van der Waals surface area contributed by atoms with Crippen molar-refractivity contribution < 1.29 is 29.3 Å². The van der Waals surface area contributed by atoms with Gasteiger partial charge in [0.15, 0.2) is 17.5 Å². The smallest absolute Gasteiger partial charge is 0.302 e. The number of aromatic hydroxyl groups is 1. The van der Waals surface area contributed by atoms with E-state index in [4.69, 9.17) is 25.9 Å². The van der Waals surface area contributed by atoms with Gasteiger partial charge in [-0.1, -0.05) is 59.8 Å². The van der Waals surface area contributed by atoms with E-state index >= 15 is 0 Å². The number of aryl methyl sites for hydroxylation is 1. The van der Waals surface area contributed by atoms with E-state index in [0.29, 0.717) is 87.0 Å². The zero-order valence-corrected chi connectivity index (χ0v) is 40.1. The summed E-state index contributed by atoms with van der Waals surface area (Å²) in [6, 6.07) is 5.95. The zero-order chi connectivity index (χ0) is 45.2. The number of rotatable bonds is 3. The molecule has 7 atom stereocenters. The van der Waals surface area contributed by atoms with Crippen LogP contribution in [0.5, 0.6) is 11.5 Å². The van der Waals surface area contributed by atoms with Gasteiger partial charge in [0.05, 0.1) is 6.10 Å². The molecule has 354 valence electrons. The summed E-state index contributed by atoms with van der Waals surface area (Å²) < 4.78 is 13.0. The maximum absolute atomic E-state index is 14.4. The van der Waals surface area contributed by atoms with Crippen molar-refractivity contribution >= 4 is 45.2 Å². The van der Waals surface area contributed by atoms with E-state index in [2.05, 4.69) is 28.5 Å². The van der Waals surface area contributed by atoms with Crippen LogP contribution in [0, 0.1) is 16.7 Å². The molecule has 1 aromatic carbocycles. The van der Waals surface area contributed by atoms with E-state index in [9.17, 15) is 19.8 Å². The van der Waals surface area contributed by atoms with Gasteiger partial charge < -0.3 is 41.4 Å². The quantitative estimate of drug-likeness (QED) is 0.112. The van der Waals surface area contributed by atoms with Crippen LogP contribution in [0.15, 0.2) is 41.5 Å². The van der Waals surface area contributed by atoms with E-state index in [1.807, 2.05) is 38.6 Å². The number of carbonyl (C=O) groups excluding carboxylic acids is 2. The molecule has 65 heavy (non-hydrogen) atoms. The third-order valence-corrected chi connectivity index (χ3v) is 19.8. The Bertz CT molecular complexity index is 2130. The second kappa shape index (κ2) is 19.5. The molecule has 4 aliphatic carbocycles. The third-order valence-electron chi connectivity index (χ3n) is 16.4. The first-order valence-electron chi connectivity index (χ1n) is 24.9. The van der Waals surface area contributed by atoms with Gasteiger partial charge >= 0.3 is 5.97 Å². The number of hydrogen-bond acceptors (Lipinski definition) is 13. The highest BCUT2D eigenvalue weighted by Crippen LogP contribution is 2.63. The van der Waals surface area contributed by atoms with Crippen molar-refractivity contribution in [1.29, 1.82) is 0 Å². The highest BCUT2D eigenvalue weighted by Gasteiger charge is 2.57. The average Bonchev–Trinajstić information content (AvgIpc) is 4.02. The number of phenolic OH excluding ortho intramolecular Hbond substituents is 1. The van der Waals surface area contributed by atoms with Crippen molar-refractivity contribution in [2.45, 2.75) is 183 Å². The fourth-order valence-electron chi connectivity index (χ4n) is 13.3. The molecule has 0 radical (unpaired) electrons. The molecular weight excluding hydrogens is 857 g/mol. The molecule has 7 N–H and O–H groups in total. The number of esters is 1. The van der Waals surface area contributed by atoms with Crippen LogP contribution in [0.25, 0.3) is 0 Å². The van der Waals surface area contributed by atoms with Crippen LogP contribution in [0.3, 0.4) is 0 Å². The number of aliphatic imine (C=N–C) groups is 1. The molecule has 2 aromatic rings. The fraction of sp³-hybridized carbons (Fsp3) is 0.686. The minimum Gasteiger partial charge on any atom is -0.504 e. The molecule has 3 saturated carbocycles. The number of pyridine rings is 1. The number of allylic oxidation sites excluding steroid dienone is 1. The minimum atomic E-state index is -0.580. The average molecular weight is 929 g/mol. The number of anilines is 1. The van der Waals surface area contributed by atoms with Gasteiger partial charge in [-0.3, -0.25) is 14.6 Å². The number of aromatic nitrogens is 1. The number of phenols is 1. The second-order valence-electron chi connectivity index (χ2n) is 20.9. The van der Waals surface area contributed by atoms with Crippen molar-refractivity contribution in [3.63, 3.8) is 0 Å². The van der Waals surface area contributed by atoms with Crippen molar-refractivity contribution in [3.8, 4) is 11.5 Å². The number of carbonyl (C=O) groups is 2. The van der Waals surface area contributed by atoms with Crippen LogP contribution in [0.2, 0.25) is 0 Å². The molecule has 4 aliphatic heterocycles. The molecule has 1 amide bonds. The topological polar surface area (TPSA) is 186 Å². The highest BCUT2D eigenvalue weighted by atomic mass is 33.1. The van der Waals surface area contributed by atoms with Crippen molar-refractivity contribution in [2.24, 2.45) is 27.5 Å². The lowest BCUT2D eigenvalue weighted by atomic mass is 9.75. The van der Waals surface area contributed by atoms with Gasteiger partial charge in [0.1, 0.15) is 22.4 Å². The Labute approximate surface area is 393 Å². The number of nitrogen functional groups attached to an aromatic ring is 1. The lowest BCUT2D eigenvalue weighted by molar-refractivity contribution is -0.148. The summed E-state index contributed by atoms with van der Waals surface area (Å²) in [6.07, 6.45) is 25.5. The van der Waals surface area contributed by atoms with Crippen LogP contribution < -0.4 is 21.5 Å². The number of guanidine groups is 1. The molecule has 10 rings (SSSR count). The first-order chi connectivity index (χ1) is 31.4. The maximum atomic E-state index is 14.4. The van der Waals surface area contributed by atoms with E-state index in [-0.39, 0.29) is 40.4 Å². The van der Waals surface area contributed by atoms with E-state index in [0.717, 1.165) is 80.2 Å². The molecule has 5 heterocycles. The Morgan fingerprint density at radius 3 is 2.65 bits per heavy atom. The lowest BCUT2D eigenvalue weighted by Gasteiger charge is -2.44. The normalized spacial score (nSPS) is 33.2. The number of ether oxygens (including phenoxy) is 2. The summed E-state index contributed by atoms with van der Waals surface area (Å²) >= 11 is 0. The van der Waals surface area contributed by atoms with Crippen molar-refractivity contribution in [3.05, 3.63) is 58.8 Å². The summed E-state index contributed by atoms with van der Waals surface area (Å²) in [5.74, 6) is 2.74. The van der Waals surface area contributed by atoms with Crippen LogP contribution in [-0.4, -0.2) is 79.5 Å². The summed E-state index contributed by atoms with van der Waals surface area (Å²) in [6.45, 7) is 2.61. The summed E-state index contributed by atoms with van der Waals surface area (Å²) in [4.78, 5) is 37.9. The molecule has 6 bridgehead atoms. The number of hydrogen-bond donors (Lipinski definition) is 5. The summed E-state index contributed by atoms with van der Waals surface area (Å²) in [7, 11) is 3.95. The van der Waals surface area contributed by atoms with E-state index in [1.54, 1.807) is 6.20 Å². The van der Waals surface area contributed by atoms with Crippen molar-refractivity contribution in [1.82, 2.24) is 15.2 Å². The first-order valence-corrected chi connectivity index (χ1v) is 27.2.